The minimum atomic E-state index is -0.475. The second-order valence-electron chi connectivity index (χ2n) is 2.89. The van der Waals surface area contributed by atoms with Crippen molar-refractivity contribution >= 4 is 0 Å². The smallest absolute Gasteiger partial charge is 0.101 e. The average Bonchev–Trinajstić information content (AvgIpc) is 2.05. The summed E-state index contributed by atoms with van der Waals surface area (Å²) < 4.78 is 9.97. The Morgan fingerprint density at radius 3 is 2.58 bits per heavy atom. The van der Waals surface area contributed by atoms with Crippen LogP contribution in [0.15, 0.2) is 0 Å². The van der Waals surface area contributed by atoms with Gasteiger partial charge in [0.2, 0.25) is 0 Å². The number of ether oxygens (including phenoxy) is 2. The summed E-state index contributed by atoms with van der Waals surface area (Å²) in [6, 6.07) is 0. The van der Waals surface area contributed by atoms with E-state index < -0.39 is 6.10 Å². The molecule has 0 saturated carbocycles. The van der Waals surface area contributed by atoms with Crippen molar-refractivity contribution in [1.29, 1.82) is 0 Å². The van der Waals surface area contributed by atoms with E-state index >= 15 is 0 Å². The lowest BCUT2D eigenvalue weighted by molar-refractivity contribution is -0.00677. The quantitative estimate of drug-likeness (QED) is 0.565. The molecule has 0 aromatic heterocycles. The first-order valence-electron chi connectivity index (χ1n) is 4.56. The van der Waals surface area contributed by atoms with Crippen molar-refractivity contribution in [2.75, 3.05) is 26.9 Å². The molecule has 12 heavy (non-hydrogen) atoms. The van der Waals surface area contributed by atoms with Gasteiger partial charge in [0, 0.05) is 13.7 Å². The zero-order valence-electron chi connectivity index (χ0n) is 8.08. The predicted octanol–water partition coefficient (Wildman–Crippen LogP) is 1.20. The summed E-state index contributed by atoms with van der Waals surface area (Å²) in [6.07, 6.45) is 3.00. The van der Waals surface area contributed by atoms with Gasteiger partial charge in [-0.25, -0.2) is 0 Å². The summed E-state index contributed by atoms with van der Waals surface area (Å²) >= 11 is 0. The molecule has 3 heteroatoms. The lowest BCUT2D eigenvalue weighted by Gasteiger charge is -2.09. The third-order valence-electron chi connectivity index (χ3n) is 1.56. The molecule has 0 aromatic rings. The van der Waals surface area contributed by atoms with Crippen molar-refractivity contribution in [3.05, 3.63) is 0 Å². The Bertz CT molecular complexity index is 85.8. The van der Waals surface area contributed by atoms with E-state index in [2.05, 4.69) is 6.92 Å². The number of unbranched alkanes of at least 4 members (excludes halogenated alkanes) is 2. The summed E-state index contributed by atoms with van der Waals surface area (Å²) in [5.41, 5.74) is 0. The van der Waals surface area contributed by atoms with Crippen LogP contribution in [0.5, 0.6) is 0 Å². The van der Waals surface area contributed by atoms with E-state index in [0.29, 0.717) is 13.2 Å². The molecule has 0 saturated heterocycles. The molecular formula is C9H20O3. The number of hydrogen-bond acceptors (Lipinski definition) is 3. The monoisotopic (exact) mass is 176 g/mol. The van der Waals surface area contributed by atoms with E-state index in [9.17, 15) is 0 Å². The van der Waals surface area contributed by atoms with Gasteiger partial charge >= 0.3 is 0 Å². The first-order valence-corrected chi connectivity index (χ1v) is 4.56. The molecule has 0 amide bonds. The zero-order chi connectivity index (χ0) is 9.23. The fraction of sp³-hybridized carbons (Fsp3) is 1.00. The second kappa shape index (κ2) is 8.97. The Morgan fingerprint density at radius 2 is 2.00 bits per heavy atom. The van der Waals surface area contributed by atoms with Gasteiger partial charge in [-0.1, -0.05) is 19.8 Å². The van der Waals surface area contributed by atoms with Gasteiger partial charge in [0.1, 0.15) is 6.10 Å². The molecule has 0 fully saturated rings. The van der Waals surface area contributed by atoms with Crippen LogP contribution in [-0.4, -0.2) is 38.1 Å². The Kier molecular flexibility index (Phi) is 8.88. The van der Waals surface area contributed by atoms with Crippen molar-refractivity contribution in [1.82, 2.24) is 0 Å². The van der Waals surface area contributed by atoms with Crippen LogP contribution in [0.1, 0.15) is 26.2 Å². The molecule has 1 unspecified atom stereocenters. The molecule has 0 aliphatic heterocycles. The Balaban J connectivity index is 2.97. The third kappa shape index (κ3) is 7.98. The Morgan fingerprint density at radius 1 is 1.25 bits per heavy atom. The molecule has 0 rings (SSSR count). The van der Waals surface area contributed by atoms with Crippen LogP contribution >= 0.6 is 0 Å². The van der Waals surface area contributed by atoms with Crippen molar-refractivity contribution in [3.63, 3.8) is 0 Å². The summed E-state index contributed by atoms with van der Waals surface area (Å²) in [5, 5.41) is 9.16. The first-order chi connectivity index (χ1) is 5.81. The lowest BCUT2D eigenvalue weighted by Crippen LogP contribution is -2.21. The largest absolute Gasteiger partial charge is 0.388 e. The lowest BCUT2D eigenvalue weighted by atomic mass is 10.3. The standard InChI is InChI=1S/C9H20O3/c1-3-4-5-6-12-8-9(10)7-11-2/h9-10H,3-8H2,1-2H3. The highest BCUT2D eigenvalue weighted by Gasteiger charge is 2.01. The highest BCUT2D eigenvalue weighted by molar-refractivity contribution is 4.50. The van der Waals surface area contributed by atoms with Crippen LogP contribution in [0.4, 0.5) is 0 Å². The maximum Gasteiger partial charge on any atom is 0.101 e. The van der Waals surface area contributed by atoms with Gasteiger partial charge in [-0.05, 0) is 6.42 Å². The first kappa shape index (κ1) is 11.9. The molecule has 0 radical (unpaired) electrons. The van der Waals surface area contributed by atoms with E-state index in [0.717, 1.165) is 13.0 Å². The SMILES string of the molecule is CCCCCOCC(O)COC. The molecule has 0 heterocycles. The second-order valence-corrected chi connectivity index (χ2v) is 2.89. The summed E-state index contributed by atoms with van der Waals surface area (Å²) in [4.78, 5) is 0. The molecule has 1 atom stereocenters. The van der Waals surface area contributed by atoms with Crippen molar-refractivity contribution in [2.45, 2.75) is 32.3 Å². The number of methoxy groups -OCH3 is 1. The predicted molar refractivity (Wildman–Crippen MR) is 48.2 cm³/mol. The molecule has 1 N–H and O–H groups in total. The van der Waals surface area contributed by atoms with Crippen LogP contribution in [0, 0.1) is 0 Å². The van der Waals surface area contributed by atoms with Crippen molar-refractivity contribution in [3.8, 4) is 0 Å². The van der Waals surface area contributed by atoms with Crippen LogP contribution in [-0.2, 0) is 9.47 Å². The minimum Gasteiger partial charge on any atom is -0.388 e. The number of aliphatic hydroxyl groups is 1. The number of rotatable bonds is 8. The van der Waals surface area contributed by atoms with Gasteiger partial charge in [-0.15, -0.1) is 0 Å². The fourth-order valence-corrected chi connectivity index (χ4v) is 0.914. The highest BCUT2D eigenvalue weighted by atomic mass is 16.5. The maximum absolute atomic E-state index is 9.16. The molecule has 3 nitrogen and oxygen atoms in total. The Hall–Kier alpha value is -0.120. The summed E-state index contributed by atoms with van der Waals surface area (Å²) in [6.45, 7) is 3.64. The van der Waals surface area contributed by atoms with Crippen LogP contribution in [0.25, 0.3) is 0 Å². The van der Waals surface area contributed by atoms with Crippen LogP contribution in [0.2, 0.25) is 0 Å². The average molecular weight is 176 g/mol. The van der Waals surface area contributed by atoms with E-state index in [1.165, 1.54) is 12.8 Å². The number of aliphatic hydroxyl groups excluding tert-OH is 1. The highest BCUT2D eigenvalue weighted by Crippen LogP contribution is 1.95. The molecular weight excluding hydrogens is 156 g/mol. The molecule has 0 aliphatic rings. The summed E-state index contributed by atoms with van der Waals surface area (Å²) in [7, 11) is 1.57. The van der Waals surface area contributed by atoms with Gasteiger partial charge in [0.05, 0.1) is 13.2 Å². The van der Waals surface area contributed by atoms with Gasteiger partial charge in [-0.2, -0.15) is 0 Å². The van der Waals surface area contributed by atoms with Crippen molar-refractivity contribution < 1.29 is 14.6 Å². The molecule has 0 aromatic carbocycles. The van der Waals surface area contributed by atoms with Gasteiger partial charge in [0.25, 0.3) is 0 Å². The number of hydrogen-bond donors (Lipinski definition) is 1. The molecule has 74 valence electrons. The van der Waals surface area contributed by atoms with Crippen molar-refractivity contribution in [2.24, 2.45) is 0 Å². The topological polar surface area (TPSA) is 38.7 Å². The van der Waals surface area contributed by atoms with Crippen LogP contribution < -0.4 is 0 Å². The molecule has 0 bridgehead atoms. The summed E-state index contributed by atoms with van der Waals surface area (Å²) in [5.74, 6) is 0. The molecule has 0 spiro atoms. The third-order valence-corrected chi connectivity index (χ3v) is 1.56. The van der Waals surface area contributed by atoms with E-state index in [1.54, 1.807) is 7.11 Å². The van der Waals surface area contributed by atoms with Gasteiger partial charge < -0.3 is 14.6 Å². The maximum atomic E-state index is 9.16. The zero-order valence-corrected chi connectivity index (χ0v) is 8.08. The van der Waals surface area contributed by atoms with Crippen LogP contribution in [0.3, 0.4) is 0 Å². The fourth-order valence-electron chi connectivity index (χ4n) is 0.914. The van der Waals surface area contributed by atoms with Gasteiger partial charge in [0.15, 0.2) is 0 Å². The van der Waals surface area contributed by atoms with E-state index in [-0.39, 0.29) is 0 Å². The minimum absolute atomic E-state index is 0.355. The van der Waals surface area contributed by atoms with E-state index in [1.807, 2.05) is 0 Å². The van der Waals surface area contributed by atoms with E-state index in [4.69, 9.17) is 14.6 Å². The Labute approximate surface area is 74.7 Å². The normalized spacial score (nSPS) is 13.2. The molecule has 0 aliphatic carbocycles. The van der Waals surface area contributed by atoms with Gasteiger partial charge in [-0.3, -0.25) is 0 Å².